The van der Waals surface area contributed by atoms with Crippen LogP contribution in [0.2, 0.25) is 0 Å². The van der Waals surface area contributed by atoms with Crippen LogP contribution < -0.4 is 0 Å². The summed E-state index contributed by atoms with van der Waals surface area (Å²) in [6.07, 6.45) is 2.98. The van der Waals surface area contributed by atoms with Crippen molar-refractivity contribution in [1.82, 2.24) is 9.46 Å². The maximum atomic E-state index is 8.73. The van der Waals surface area contributed by atoms with Crippen LogP contribution in [0.5, 0.6) is 0 Å². The fourth-order valence-corrected chi connectivity index (χ4v) is 1.12. The predicted molar refractivity (Wildman–Crippen MR) is 83.4 cm³/mol. The molecular formula is C10H15BiN2O2S2Sr. The fourth-order valence-electron chi connectivity index (χ4n) is 0.838. The first-order chi connectivity index (χ1) is 7.61. The van der Waals surface area contributed by atoms with Crippen LogP contribution in [0.25, 0.3) is 0 Å². The second-order valence-electron chi connectivity index (χ2n) is 2.77. The van der Waals surface area contributed by atoms with Gasteiger partial charge in [0.05, 0.1) is 0 Å². The van der Waals surface area contributed by atoms with Crippen molar-refractivity contribution in [2.24, 2.45) is 0 Å². The molecule has 8 heteroatoms. The fraction of sp³-hybridized carbons (Fsp3) is 0. The summed E-state index contributed by atoms with van der Waals surface area (Å²) in [6, 6.07) is 10.3. The minimum atomic E-state index is 0. The zero-order chi connectivity index (χ0) is 12.0. The molecule has 0 amide bonds. The third kappa shape index (κ3) is 7.99. The summed E-state index contributed by atoms with van der Waals surface area (Å²) >= 11 is 9.33. The summed E-state index contributed by atoms with van der Waals surface area (Å²) in [4.78, 5) is 0. The average molecular weight is 556 g/mol. The van der Waals surface area contributed by atoms with E-state index in [1.54, 1.807) is 36.4 Å². The molecular weight excluding hydrogens is 541 g/mol. The Balaban J connectivity index is 0. The topological polar surface area (TPSA) is 50.3 Å². The zero-order valence-electron chi connectivity index (χ0n) is 8.93. The van der Waals surface area contributed by atoms with Crippen molar-refractivity contribution >= 4 is 96.1 Å². The van der Waals surface area contributed by atoms with Gasteiger partial charge in [0.2, 0.25) is 0 Å². The van der Waals surface area contributed by atoms with Gasteiger partial charge in [0.1, 0.15) is 9.28 Å². The number of nitrogens with zero attached hydrogens (tertiary/aromatic N) is 2. The molecule has 96 valence electrons. The summed E-state index contributed by atoms with van der Waals surface area (Å²) in [5, 5.41) is 17.5. The Bertz CT molecular complexity index is 522. The molecule has 0 saturated carbocycles. The van der Waals surface area contributed by atoms with Crippen LogP contribution in [-0.4, -0.2) is 91.6 Å². The first kappa shape index (κ1) is 21.0. The normalized spacial score (nSPS) is 8.00. The first-order valence-electron chi connectivity index (χ1n) is 4.35. The molecule has 2 aromatic rings. The second kappa shape index (κ2) is 11.5. The zero-order valence-corrected chi connectivity index (χ0v) is 16.1. The molecule has 0 bridgehead atoms. The van der Waals surface area contributed by atoms with Crippen molar-refractivity contribution in [2.75, 3.05) is 0 Å². The molecule has 0 radical (unpaired) electrons. The van der Waals surface area contributed by atoms with E-state index in [0.717, 1.165) is 9.46 Å². The predicted octanol–water partition coefficient (Wildman–Crippen LogP) is 0.810. The number of pyridine rings is 2. The molecule has 0 atom stereocenters. The van der Waals surface area contributed by atoms with E-state index in [4.69, 9.17) is 10.4 Å². The molecule has 2 N–H and O–H groups in total. The summed E-state index contributed by atoms with van der Waals surface area (Å²) in [5.74, 6) is 0. The van der Waals surface area contributed by atoms with Crippen LogP contribution in [0.15, 0.2) is 48.8 Å². The summed E-state index contributed by atoms with van der Waals surface area (Å²) in [7, 11) is 0. The first-order valence-corrected chi connectivity index (χ1v) is 5.17. The van der Waals surface area contributed by atoms with Crippen LogP contribution in [0.4, 0.5) is 0 Å². The number of rotatable bonds is 0. The van der Waals surface area contributed by atoms with E-state index in [0.29, 0.717) is 9.28 Å². The molecule has 0 aliphatic carbocycles. The van der Waals surface area contributed by atoms with Gasteiger partial charge >= 0.3 is 71.7 Å². The van der Waals surface area contributed by atoms with Crippen molar-refractivity contribution in [3.8, 4) is 0 Å². The average Bonchev–Trinajstić information content (AvgIpc) is 2.28. The summed E-state index contributed by atoms with van der Waals surface area (Å²) in [5.41, 5.74) is 0. The van der Waals surface area contributed by atoms with Crippen LogP contribution in [0.1, 0.15) is 0 Å². The second-order valence-corrected chi connectivity index (χ2v) is 3.60. The monoisotopic (exact) mass is 556 g/mol. The van der Waals surface area contributed by atoms with Crippen LogP contribution >= 0.6 is 24.4 Å². The standard InChI is InChI=1S/2C5H5NOS.Bi.Sr.5H/c2*7-6-4-2-1-3-5(6)8;;;;;;;/h2*1-4,7H;;;;;;;. The van der Waals surface area contributed by atoms with E-state index in [1.165, 1.54) is 12.4 Å². The molecule has 0 spiro atoms. The molecule has 0 aliphatic rings. The van der Waals surface area contributed by atoms with Crippen molar-refractivity contribution in [3.63, 3.8) is 0 Å². The van der Waals surface area contributed by atoms with E-state index in [-0.39, 0.29) is 71.7 Å². The minimum absolute atomic E-state index is 0. The van der Waals surface area contributed by atoms with E-state index in [9.17, 15) is 0 Å². The Labute approximate surface area is 171 Å². The molecule has 2 aromatic heterocycles. The van der Waals surface area contributed by atoms with Gasteiger partial charge in [-0.15, -0.1) is 0 Å². The molecule has 0 unspecified atom stereocenters. The van der Waals surface area contributed by atoms with E-state index >= 15 is 0 Å². The Hall–Kier alpha value is 0.704. The Morgan fingerprint density at radius 3 is 1.28 bits per heavy atom. The van der Waals surface area contributed by atoms with Gasteiger partial charge < -0.3 is 10.4 Å². The third-order valence-corrected chi connectivity index (χ3v) is 2.25. The molecule has 0 aromatic carbocycles. The Kier molecular flexibility index (Phi) is 13.5. The molecule has 0 fully saturated rings. The SMILES string of the molecule is On1ccccc1=S.On1ccccc1=S.[BiH3].[SrH2]. The van der Waals surface area contributed by atoms with Gasteiger partial charge in [-0.3, -0.25) is 0 Å². The van der Waals surface area contributed by atoms with Gasteiger partial charge in [0.25, 0.3) is 0 Å². The molecule has 0 saturated heterocycles. The molecule has 2 heterocycles. The van der Waals surface area contributed by atoms with Crippen LogP contribution in [-0.2, 0) is 0 Å². The van der Waals surface area contributed by atoms with Gasteiger partial charge in [-0.1, -0.05) is 36.6 Å². The number of aromatic nitrogens is 2. The third-order valence-electron chi connectivity index (χ3n) is 1.61. The van der Waals surface area contributed by atoms with Crippen molar-refractivity contribution in [3.05, 3.63) is 58.1 Å². The Morgan fingerprint density at radius 1 is 0.778 bits per heavy atom. The summed E-state index contributed by atoms with van der Waals surface area (Å²) < 4.78 is 2.64. The van der Waals surface area contributed by atoms with Gasteiger partial charge in [0, 0.05) is 12.4 Å². The molecule has 2 rings (SSSR count). The van der Waals surface area contributed by atoms with Gasteiger partial charge in [-0.2, -0.15) is 9.46 Å². The van der Waals surface area contributed by atoms with Crippen molar-refractivity contribution < 1.29 is 10.4 Å². The maximum absolute atomic E-state index is 8.73. The van der Waals surface area contributed by atoms with Crippen LogP contribution in [0, 0.1) is 9.28 Å². The van der Waals surface area contributed by atoms with E-state index in [2.05, 4.69) is 24.4 Å². The quantitative estimate of drug-likeness (QED) is 0.287. The van der Waals surface area contributed by atoms with Crippen molar-refractivity contribution in [2.45, 2.75) is 0 Å². The molecule has 4 nitrogen and oxygen atoms in total. The molecule has 0 aliphatic heterocycles. The van der Waals surface area contributed by atoms with Gasteiger partial charge in [0.15, 0.2) is 0 Å². The number of hydrogen-bond donors (Lipinski definition) is 2. The van der Waals surface area contributed by atoms with Gasteiger partial charge in [-0.05, 0) is 24.3 Å². The van der Waals surface area contributed by atoms with Crippen molar-refractivity contribution in [1.29, 1.82) is 0 Å². The van der Waals surface area contributed by atoms with E-state index in [1.807, 2.05) is 0 Å². The van der Waals surface area contributed by atoms with Crippen LogP contribution in [0.3, 0.4) is 0 Å². The Morgan fingerprint density at radius 2 is 1.11 bits per heavy atom. The number of hydrogen-bond acceptors (Lipinski definition) is 4. The molecule has 18 heavy (non-hydrogen) atoms. The van der Waals surface area contributed by atoms with E-state index < -0.39 is 0 Å². The van der Waals surface area contributed by atoms with Gasteiger partial charge in [-0.25, -0.2) is 0 Å². The summed E-state index contributed by atoms with van der Waals surface area (Å²) in [6.45, 7) is 0.